The van der Waals surface area contributed by atoms with E-state index in [0.29, 0.717) is 18.7 Å². The lowest BCUT2D eigenvalue weighted by Crippen LogP contribution is -2.36. The van der Waals surface area contributed by atoms with Gasteiger partial charge in [-0.15, -0.1) is 0 Å². The molecule has 0 saturated carbocycles. The molecule has 0 spiro atoms. The second kappa shape index (κ2) is 6.72. The molecule has 0 atom stereocenters. The molecule has 0 fully saturated rings. The van der Waals surface area contributed by atoms with Crippen molar-refractivity contribution in [1.82, 2.24) is 20.5 Å². The Morgan fingerprint density at radius 3 is 2.85 bits per heavy atom. The van der Waals surface area contributed by atoms with Gasteiger partial charge in [0, 0.05) is 34.7 Å². The lowest BCUT2D eigenvalue weighted by atomic mass is 10.1. The Balaban J connectivity index is 1.33. The van der Waals surface area contributed by atoms with E-state index in [9.17, 15) is 9.59 Å². The molecule has 7 heteroatoms. The Hall–Kier alpha value is -3.61. The Morgan fingerprint density at radius 2 is 1.92 bits per heavy atom. The van der Waals surface area contributed by atoms with Crippen molar-refractivity contribution in [3.63, 3.8) is 0 Å². The predicted molar refractivity (Wildman–Crippen MR) is 99.7 cm³/mol. The number of nitrogens with zero attached hydrogens (tertiary/aromatic N) is 1. The Labute approximate surface area is 148 Å². The topological polar surface area (TPSA) is 103 Å². The number of benzene rings is 2. The van der Waals surface area contributed by atoms with Crippen molar-refractivity contribution in [2.75, 3.05) is 11.9 Å². The summed E-state index contributed by atoms with van der Waals surface area (Å²) in [6.45, 7) is 0.383. The zero-order chi connectivity index (χ0) is 17.9. The minimum Gasteiger partial charge on any atom is -0.361 e. The molecule has 7 nitrogen and oxygen atoms in total. The fraction of sp³-hybridized carbons (Fsp3) is 0.105. The first-order valence-electron chi connectivity index (χ1n) is 8.28. The lowest BCUT2D eigenvalue weighted by Gasteiger charge is -2.06. The molecule has 2 amide bonds. The van der Waals surface area contributed by atoms with E-state index in [1.54, 1.807) is 18.3 Å². The van der Waals surface area contributed by atoms with E-state index in [-0.39, 0.29) is 0 Å². The summed E-state index contributed by atoms with van der Waals surface area (Å²) in [6.07, 6.45) is 4.26. The summed E-state index contributed by atoms with van der Waals surface area (Å²) < 4.78 is 0. The van der Waals surface area contributed by atoms with Crippen molar-refractivity contribution >= 4 is 39.3 Å². The van der Waals surface area contributed by atoms with E-state index in [4.69, 9.17) is 0 Å². The lowest BCUT2D eigenvalue weighted by molar-refractivity contribution is -0.136. The maximum atomic E-state index is 12.0. The molecule has 2 heterocycles. The highest BCUT2D eigenvalue weighted by molar-refractivity contribution is 6.39. The Bertz CT molecular complexity index is 1100. The van der Waals surface area contributed by atoms with Crippen LogP contribution >= 0.6 is 0 Å². The molecule has 26 heavy (non-hydrogen) atoms. The van der Waals surface area contributed by atoms with Gasteiger partial charge in [0.1, 0.15) is 0 Å². The minimum absolute atomic E-state index is 0.383. The van der Waals surface area contributed by atoms with Crippen molar-refractivity contribution in [3.05, 3.63) is 60.4 Å². The molecule has 4 N–H and O–H groups in total. The molecular formula is C19H17N5O2. The molecule has 4 rings (SSSR count). The van der Waals surface area contributed by atoms with Gasteiger partial charge in [0.2, 0.25) is 0 Å². The first-order valence-corrected chi connectivity index (χ1v) is 8.28. The van der Waals surface area contributed by atoms with Crippen molar-refractivity contribution in [1.29, 1.82) is 0 Å². The third kappa shape index (κ3) is 3.14. The number of rotatable bonds is 4. The van der Waals surface area contributed by atoms with Crippen molar-refractivity contribution in [2.45, 2.75) is 6.42 Å². The molecular weight excluding hydrogens is 330 g/mol. The molecule has 0 aliphatic rings. The van der Waals surface area contributed by atoms with E-state index in [1.807, 2.05) is 36.5 Å². The largest absolute Gasteiger partial charge is 0.361 e. The number of fused-ring (bicyclic) bond motifs is 2. The quantitative estimate of drug-likeness (QED) is 0.426. The first kappa shape index (κ1) is 15.9. The zero-order valence-electron chi connectivity index (χ0n) is 13.9. The first-order chi connectivity index (χ1) is 12.7. The zero-order valence-corrected chi connectivity index (χ0v) is 13.9. The number of para-hydroxylation sites is 1. The van der Waals surface area contributed by atoms with Gasteiger partial charge in [-0.3, -0.25) is 14.7 Å². The molecule has 4 aromatic rings. The van der Waals surface area contributed by atoms with Crippen molar-refractivity contribution in [3.8, 4) is 0 Å². The third-order valence-corrected chi connectivity index (χ3v) is 4.26. The summed E-state index contributed by atoms with van der Waals surface area (Å²) in [7, 11) is 0. The maximum Gasteiger partial charge on any atom is 0.313 e. The third-order valence-electron chi connectivity index (χ3n) is 4.26. The molecule has 2 aromatic heterocycles. The number of carbonyl (C=O) groups is 2. The number of carbonyl (C=O) groups excluding carboxylic acids is 2. The van der Waals surface area contributed by atoms with Gasteiger partial charge in [-0.05, 0) is 36.2 Å². The van der Waals surface area contributed by atoms with E-state index < -0.39 is 11.8 Å². The van der Waals surface area contributed by atoms with Gasteiger partial charge >= 0.3 is 11.8 Å². The second-order valence-corrected chi connectivity index (χ2v) is 5.99. The summed E-state index contributed by atoms with van der Waals surface area (Å²) in [4.78, 5) is 27.2. The van der Waals surface area contributed by atoms with Gasteiger partial charge in [0.05, 0.1) is 11.7 Å². The second-order valence-electron chi connectivity index (χ2n) is 5.99. The number of hydrogen-bond acceptors (Lipinski definition) is 3. The number of aromatic nitrogens is 3. The van der Waals surface area contributed by atoms with Gasteiger partial charge in [-0.25, -0.2) is 0 Å². The van der Waals surface area contributed by atoms with Crippen LogP contribution < -0.4 is 10.6 Å². The highest BCUT2D eigenvalue weighted by Crippen LogP contribution is 2.18. The van der Waals surface area contributed by atoms with Crippen LogP contribution in [0.1, 0.15) is 5.56 Å². The van der Waals surface area contributed by atoms with E-state index in [2.05, 4.69) is 25.8 Å². The molecule has 0 bridgehead atoms. The Morgan fingerprint density at radius 1 is 1.04 bits per heavy atom. The van der Waals surface area contributed by atoms with Crippen LogP contribution in [0, 0.1) is 0 Å². The van der Waals surface area contributed by atoms with Gasteiger partial charge in [-0.1, -0.05) is 18.2 Å². The summed E-state index contributed by atoms with van der Waals surface area (Å²) in [5, 5.41) is 14.1. The van der Waals surface area contributed by atoms with Crippen LogP contribution in [0.5, 0.6) is 0 Å². The average molecular weight is 347 g/mol. The van der Waals surface area contributed by atoms with Crippen LogP contribution in [-0.4, -0.2) is 33.5 Å². The molecule has 0 aliphatic carbocycles. The SMILES string of the molecule is O=C(NCCc1c[nH]c2ccccc12)C(=O)Nc1ccc2cn[nH]c2c1. The van der Waals surface area contributed by atoms with Crippen molar-refractivity contribution in [2.24, 2.45) is 0 Å². The normalized spacial score (nSPS) is 10.9. The van der Waals surface area contributed by atoms with Crippen molar-refractivity contribution < 1.29 is 9.59 Å². The minimum atomic E-state index is -0.692. The van der Waals surface area contributed by atoms with Crippen LogP contribution in [0.4, 0.5) is 5.69 Å². The highest BCUT2D eigenvalue weighted by Gasteiger charge is 2.14. The fourth-order valence-electron chi connectivity index (χ4n) is 2.93. The smallest absolute Gasteiger partial charge is 0.313 e. The Kier molecular flexibility index (Phi) is 4.10. The number of amides is 2. The summed E-state index contributed by atoms with van der Waals surface area (Å²) in [5.74, 6) is -1.35. The predicted octanol–water partition coefficient (Wildman–Crippen LogP) is 2.34. The number of hydrogen-bond donors (Lipinski definition) is 4. The van der Waals surface area contributed by atoms with Gasteiger partial charge < -0.3 is 15.6 Å². The van der Waals surface area contributed by atoms with E-state index in [1.165, 1.54) is 0 Å². The number of nitrogens with one attached hydrogen (secondary N) is 4. The van der Waals surface area contributed by atoms with Crippen LogP contribution in [0.25, 0.3) is 21.8 Å². The number of aromatic amines is 2. The number of anilines is 1. The van der Waals surface area contributed by atoms with Gasteiger partial charge in [0.25, 0.3) is 0 Å². The average Bonchev–Trinajstić information content (AvgIpc) is 3.28. The monoisotopic (exact) mass is 347 g/mol. The van der Waals surface area contributed by atoms with Gasteiger partial charge in [0.15, 0.2) is 0 Å². The number of H-pyrrole nitrogens is 2. The molecule has 0 radical (unpaired) electrons. The molecule has 2 aromatic carbocycles. The fourth-order valence-corrected chi connectivity index (χ4v) is 2.93. The summed E-state index contributed by atoms with van der Waals surface area (Å²) >= 11 is 0. The highest BCUT2D eigenvalue weighted by atomic mass is 16.2. The van der Waals surface area contributed by atoms with E-state index in [0.717, 1.165) is 27.4 Å². The van der Waals surface area contributed by atoms with Crippen LogP contribution in [0.15, 0.2) is 54.9 Å². The van der Waals surface area contributed by atoms with Crippen LogP contribution in [0.2, 0.25) is 0 Å². The maximum absolute atomic E-state index is 12.0. The summed E-state index contributed by atoms with van der Waals surface area (Å²) in [6, 6.07) is 13.3. The molecule has 0 saturated heterocycles. The summed E-state index contributed by atoms with van der Waals surface area (Å²) in [5.41, 5.74) is 3.49. The van der Waals surface area contributed by atoms with Crippen LogP contribution in [0.3, 0.4) is 0 Å². The van der Waals surface area contributed by atoms with Crippen LogP contribution in [-0.2, 0) is 16.0 Å². The molecule has 0 aliphatic heterocycles. The van der Waals surface area contributed by atoms with E-state index >= 15 is 0 Å². The van der Waals surface area contributed by atoms with Gasteiger partial charge in [-0.2, -0.15) is 5.10 Å². The molecule has 130 valence electrons. The standard InChI is InChI=1S/C19H17N5O2/c25-18(19(26)23-14-6-5-13-11-22-24-17(13)9-14)20-8-7-12-10-21-16-4-2-1-3-15(12)16/h1-6,9-11,21H,7-8H2,(H,20,25)(H,22,24)(H,23,26). The molecule has 0 unspecified atom stereocenters.